The number of halogens is 1. The van der Waals surface area contributed by atoms with Crippen LogP contribution < -0.4 is 5.32 Å². The van der Waals surface area contributed by atoms with Gasteiger partial charge in [0.25, 0.3) is 5.91 Å². The van der Waals surface area contributed by atoms with Crippen LogP contribution in [0.15, 0.2) is 41.1 Å². The lowest BCUT2D eigenvalue weighted by Gasteiger charge is -2.22. The van der Waals surface area contributed by atoms with E-state index in [4.69, 9.17) is 0 Å². The first-order chi connectivity index (χ1) is 9.58. The zero-order valence-corrected chi connectivity index (χ0v) is 13.0. The third-order valence-corrected chi connectivity index (χ3v) is 3.79. The molecule has 0 aliphatic carbocycles. The van der Waals surface area contributed by atoms with E-state index in [2.05, 4.69) is 45.4 Å². The van der Waals surface area contributed by atoms with Gasteiger partial charge in [0, 0.05) is 10.7 Å². The van der Waals surface area contributed by atoms with Crippen molar-refractivity contribution >= 4 is 21.8 Å². The Balaban J connectivity index is 2.08. The summed E-state index contributed by atoms with van der Waals surface area (Å²) < 4.78 is 2.52. The van der Waals surface area contributed by atoms with E-state index in [-0.39, 0.29) is 11.9 Å². The zero-order valence-electron chi connectivity index (χ0n) is 11.5. The van der Waals surface area contributed by atoms with Crippen LogP contribution in [-0.4, -0.2) is 26.9 Å². The molecule has 1 aromatic carbocycles. The molecule has 0 spiro atoms. The fourth-order valence-electron chi connectivity index (χ4n) is 1.85. The van der Waals surface area contributed by atoms with Crippen molar-refractivity contribution in [2.45, 2.75) is 26.4 Å². The number of hydrogen-bond acceptors (Lipinski definition) is 3. The Kier molecular flexibility index (Phi) is 4.89. The first-order valence-corrected chi connectivity index (χ1v) is 7.26. The van der Waals surface area contributed by atoms with E-state index >= 15 is 0 Å². The second kappa shape index (κ2) is 6.65. The molecule has 1 N–H and O–H groups in total. The van der Waals surface area contributed by atoms with Gasteiger partial charge in [0.15, 0.2) is 0 Å². The molecule has 1 amide bonds. The van der Waals surface area contributed by atoms with Crippen LogP contribution in [0.3, 0.4) is 0 Å². The summed E-state index contributed by atoms with van der Waals surface area (Å²) in [6.45, 7) is 4.75. The van der Waals surface area contributed by atoms with Gasteiger partial charge >= 0.3 is 0 Å². The van der Waals surface area contributed by atoms with Crippen molar-refractivity contribution < 1.29 is 4.79 Å². The molecule has 2 rings (SSSR count). The molecular formula is C14H17BrN4O. The summed E-state index contributed by atoms with van der Waals surface area (Å²) in [6, 6.07) is 7.39. The van der Waals surface area contributed by atoms with E-state index in [0.29, 0.717) is 18.0 Å². The van der Waals surface area contributed by atoms with Crippen LogP contribution in [0.2, 0.25) is 0 Å². The number of aromatic nitrogens is 3. The van der Waals surface area contributed by atoms with Crippen molar-refractivity contribution in [1.82, 2.24) is 20.3 Å². The van der Waals surface area contributed by atoms with Gasteiger partial charge < -0.3 is 5.32 Å². The van der Waals surface area contributed by atoms with Crippen molar-refractivity contribution in [3.63, 3.8) is 0 Å². The lowest BCUT2D eigenvalue weighted by molar-refractivity contribution is 0.0918. The average molecular weight is 337 g/mol. The van der Waals surface area contributed by atoms with E-state index in [1.165, 1.54) is 0 Å². The Morgan fingerprint density at radius 3 is 2.75 bits per heavy atom. The SMILES string of the molecule is CC(C)C(Cn1ccnn1)NC(=O)c1ccccc1Br. The fraction of sp³-hybridized carbons (Fsp3) is 0.357. The highest BCUT2D eigenvalue weighted by molar-refractivity contribution is 9.10. The first kappa shape index (κ1) is 14.7. The Morgan fingerprint density at radius 1 is 1.40 bits per heavy atom. The summed E-state index contributed by atoms with van der Waals surface area (Å²) in [6.07, 6.45) is 3.42. The number of rotatable bonds is 5. The van der Waals surface area contributed by atoms with Crippen molar-refractivity contribution in [3.05, 3.63) is 46.7 Å². The minimum atomic E-state index is -0.0868. The molecule has 0 aliphatic heterocycles. The molecule has 5 nitrogen and oxygen atoms in total. The number of nitrogens with one attached hydrogen (secondary N) is 1. The average Bonchev–Trinajstić information content (AvgIpc) is 2.91. The number of nitrogens with zero attached hydrogens (tertiary/aromatic N) is 3. The van der Waals surface area contributed by atoms with E-state index in [1.807, 2.05) is 18.2 Å². The second-order valence-electron chi connectivity index (χ2n) is 4.93. The van der Waals surface area contributed by atoms with E-state index in [1.54, 1.807) is 23.1 Å². The monoisotopic (exact) mass is 336 g/mol. The predicted molar refractivity (Wildman–Crippen MR) is 80.3 cm³/mol. The quantitative estimate of drug-likeness (QED) is 0.912. The number of amides is 1. The highest BCUT2D eigenvalue weighted by Gasteiger charge is 2.19. The Bertz CT molecular complexity index is 568. The van der Waals surface area contributed by atoms with Crippen LogP contribution in [0.25, 0.3) is 0 Å². The standard InChI is InChI=1S/C14H17BrN4O/c1-10(2)13(9-19-8-7-16-18-19)17-14(20)11-5-3-4-6-12(11)15/h3-8,10,13H,9H2,1-2H3,(H,17,20). The van der Waals surface area contributed by atoms with E-state index in [9.17, 15) is 4.79 Å². The molecule has 0 saturated heterocycles. The van der Waals surface area contributed by atoms with Crippen molar-refractivity contribution in [2.75, 3.05) is 0 Å². The summed E-state index contributed by atoms with van der Waals surface area (Å²) in [5.41, 5.74) is 0.636. The highest BCUT2D eigenvalue weighted by Crippen LogP contribution is 2.16. The third-order valence-electron chi connectivity index (χ3n) is 3.10. The third kappa shape index (κ3) is 3.66. The zero-order chi connectivity index (χ0) is 14.5. The summed E-state index contributed by atoms with van der Waals surface area (Å²) in [5, 5.41) is 10.8. The molecule has 0 fully saturated rings. The number of hydrogen-bond donors (Lipinski definition) is 1. The van der Waals surface area contributed by atoms with Crippen LogP contribution in [0, 0.1) is 5.92 Å². The number of carbonyl (C=O) groups excluding carboxylic acids is 1. The molecule has 1 heterocycles. The van der Waals surface area contributed by atoms with Crippen LogP contribution >= 0.6 is 15.9 Å². The molecule has 0 bridgehead atoms. The maximum absolute atomic E-state index is 12.3. The van der Waals surface area contributed by atoms with E-state index in [0.717, 1.165) is 4.47 Å². The van der Waals surface area contributed by atoms with Crippen LogP contribution in [0.1, 0.15) is 24.2 Å². The molecule has 2 aromatic rings. The predicted octanol–water partition coefficient (Wildman–Crippen LogP) is 2.50. The van der Waals surface area contributed by atoms with Gasteiger partial charge in [-0.2, -0.15) is 0 Å². The summed E-state index contributed by atoms with van der Waals surface area (Å²) >= 11 is 3.40. The molecule has 0 aliphatic rings. The highest BCUT2D eigenvalue weighted by atomic mass is 79.9. The molecule has 0 radical (unpaired) electrons. The minimum Gasteiger partial charge on any atom is -0.347 e. The molecule has 1 unspecified atom stereocenters. The number of carbonyl (C=O) groups is 1. The van der Waals surface area contributed by atoms with Crippen LogP contribution in [-0.2, 0) is 6.54 Å². The second-order valence-corrected chi connectivity index (χ2v) is 5.78. The van der Waals surface area contributed by atoms with Crippen molar-refractivity contribution in [1.29, 1.82) is 0 Å². The van der Waals surface area contributed by atoms with Gasteiger partial charge in [-0.15, -0.1) is 5.10 Å². The normalized spacial score (nSPS) is 12.4. The van der Waals surface area contributed by atoms with Crippen molar-refractivity contribution in [2.24, 2.45) is 5.92 Å². The number of benzene rings is 1. The van der Waals surface area contributed by atoms with Gasteiger partial charge in [-0.3, -0.25) is 9.48 Å². The minimum absolute atomic E-state index is 0.00342. The Labute approximate surface area is 126 Å². The first-order valence-electron chi connectivity index (χ1n) is 6.47. The lowest BCUT2D eigenvalue weighted by Crippen LogP contribution is -2.41. The van der Waals surface area contributed by atoms with Gasteiger partial charge in [-0.05, 0) is 34.0 Å². The fourth-order valence-corrected chi connectivity index (χ4v) is 2.31. The van der Waals surface area contributed by atoms with Crippen LogP contribution in [0.4, 0.5) is 0 Å². The molecule has 0 saturated carbocycles. The topological polar surface area (TPSA) is 59.8 Å². The molecular weight excluding hydrogens is 320 g/mol. The summed E-state index contributed by atoms with van der Waals surface area (Å²) in [7, 11) is 0. The van der Waals surface area contributed by atoms with Gasteiger partial charge in [0.05, 0.1) is 24.3 Å². The van der Waals surface area contributed by atoms with Gasteiger partial charge in [0.2, 0.25) is 0 Å². The summed E-state index contributed by atoms with van der Waals surface area (Å²) in [4.78, 5) is 12.3. The van der Waals surface area contributed by atoms with Crippen LogP contribution in [0.5, 0.6) is 0 Å². The molecule has 1 atom stereocenters. The van der Waals surface area contributed by atoms with E-state index < -0.39 is 0 Å². The Hall–Kier alpha value is -1.69. The smallest absolute Gasteiger partial charge is 0.252 e. The molecule has 6 heteroatoms. The molecule has 20 heavy (non-hydrogen) atoms. The maximum Gasteiger partial charge on any atom is 0.252 e. The maximum atomic E-state index is 12.3. The Morgan fingerprint density at radius 2 is 2.15 bits per heavy atom. The molecule has 1 aromatic heterocycles. The lowest BCUT2D eigenvalue weighted by atomic mass is 10.0. The van der Waals surface area contributed by atoms with Gasteiger partial charge in [0.1, 0.15) is 0 Å². The van der Waals surface area contributed by atoms with Gasteiger partial charge in [-0.1, -0.05) is 31.2 Å². The summed E-state index contributed by atoms with van der Waals surface area (Å²) in [5.74, 6) is 0.210. The largest absolute Gasteiger partial charge is 0.347 e. The van der Waals surface area contributed by atoms with Gasteiger partial charge in [-0.25, -0.2) is 0 Å². The van der Waals surface area contributed by atoms with Crippen molar-refractivity contribution in [3.8, 4) is 0 Å². The molecule has 106 valence electrons.